The first-order valence-electron chi connectivity index (χ1n) is 10.8. The van der Waals surface area contributed by atoms with Crippen LogP contribution in [0.15, 0.2) is 29.6 Å². The van der Waals surface area contributed by atoms with E-state index in [1.807, 2.05) is 0 Å². The summed E-state index contributed by atoms with van der Waals surface area (Å²) < 4.78 is 44.4. The lowest BCUT2D eigenvalue weighted by molar-refractivity contribution is -0.146. The maximum atomic E-state index is 13.3. The summed E-state index contributed by atoms with van der Waals surface area (Å²) in [5.74, 6) is -2.87. The number of nitrogens with zero attached hydrogens (tertiary/aromatic N) is 2. The van der Waals surface area contributed by atoms with E-state index in [4.69, 9.17) is 0 Å². The molecule has 1 aliphatic heterocycles. The average molecular weight is 513 g/mol. The second-order valence-corrected chi connectivity index (χ2v) is 8.55. The van der Waals surface area contributed by atoms with Crippen LogP contribution in [0.2, 0.25) is 0 Å². The Balaban J connectivity index is 1.53. The SMILES string of the molecule is CCOC(=O)CC(=O)NNC(=O)c1csc(C2CCN(C(=O)c3ccccc3C(F)(F)F)CC2)n1. The summed E-state index contributed by atoms with van der Waals surface area (Å²) in [7, 11) is 0. The summed E-state index contributed by atoms with van der Waals surface area (Å²) in [6.45, 7) is 2.24. The Kier molecular flexibility index (Phi) is 8.43. The van der Waals surface area contributed by atoms with Gasteiger partial charge in [-0.05, 0) is 31.9 Å². The number of aromatic nitrogens is 1. The minimum Gasteiger partial charge on any atom is -0.466 e. The van der Waals surface area contributed by atoms with Gasteiger partial charge in [-0.15, -0.1) is 11.3 Å². The lowest BCUT2D eigenvalue weighted by Gasteiger charge is -2.31. The number of rotatable bonds is 6. The van der Waals surface area contributed by atoms with Gasteiger partial charge in [0.2, 0.25) is 5.91 Å². The monoisotopic (exact) mass is 512 g/mol. The van der Waals surface area contributed by atoms with Crippen LogP contribution in [-0.2, 0) is 20.5 Å². The Labute approximate surface area is 202 Å². The summed E-state index contributed by atoms with van der Waals surface area (Å²) in [4.78, 5) is 53.5. The van der Waals surface area contributed by atoms with Crippen LogP contribution in [0.3, 0.4) is 0 Å². The molecule has 3 rings (SSSR count). The summed E-state index contributed by atoms with van der Waals surface area (Å²) >= 11 is 1.24. The molecule has 0 spiro atoms. The fraction of sp³-hybridized carbons (Fsp3) is 0.409. The second kappa shape index (κ2) is 11.3. The number of halogens is 3. The zero-order chi connectivity index (χ0) is 25.6. The van der Waals surface area contributed by atoms with E-state index >= 15 is 0 Å². The number of esters is 1. The molecule has 13 heteroatoms. The number of carbonyl (C=O) groups excluding carboxylic acids is 4. The molecule has 0 aliphatic carbocycles. The third-order valence-corrected chi connectivity index (χ3v) is 6.28. The van der Waals surface area contributed by atoms with Crippen LogP contribution >= 0.6 is 11.3 Å². The number of benzene rings is 1. The number of alkyl halides is 3. The molecule has 0 unspecified atom stereocenters. The number of hydrogen-bond acceptors (Lipinski definition) is 7. The molecule has 1 saturated heterocycles. The number of amides is 3. The topological polar surface area (TPSA) is 118 Å². The van der Waals surface area contributed by atoms with E-state index in [1.165, 1.54) is 39.8 Å². The van der Waals surface area contributed by atoms with Gasteiger partial charge >= 0.3 is 12.1 Å². The molecule has 0 radical (unpaired) electrons. The van der Waals surface area contributed by atoms with Crippen LogP contribution in [0.4, 0.5) is 13.2 Å². The predicted molar refractivity (Wildman–Crippen MR) is 118 cm³/mol. The van der Waals surface area contributed by atoms with Gasteiger partial charge in [0.25, 0.3) is 11.8 Å². The second-order valence-electron chi connectivity index (χ2n) is 7.66. The Morgan fingerprint density at radius 2 is 1.83 bits per heavy atom. The summed E-state index contributed by atoms with van der Waals surface area (Å²) in [6, 6.07) is 4.71. The molecule has 188 valence electrons. The predicted octanol–water partition coefficient (Wildman–Crippen LogP) is 2.90. The molecule has 2 N–H and O–H groups in total. The number of ether oxygens (including phenoxy) is 1. The molecule has 3 amide bonds. The number of hydrazine groups is 1. The van der Waals surface area contributed by atoms with Gasteiger partial charge in [0.1, 0.15) is 12.1 Å². The number of carbonyl (C=O) groups is 4. The van der Waals surface area contributed by atoms with E-state index in [9.17, 15) is 32.3 Å². The smallest absolute Gasteiger partial charge is 0.417 e. The fourth-order valence-electron chi connectivity index (χ4n) is 3.57. The van der Waals surface area contributed by atoms with Gasteiger partial charge < -0.3 is 9.64 Å². The molecular weight excluding hydrogens is 489 g/mol. The first-order chi connectivity index (χ1) is 16.6. The molecule has 35 heavy (non-hydrogen) atoms. The Hall–Kier alpha value is -3.48. The van der Waals surface area contributed by atoms with E-state index < -0.39 is 41.9 Å². The van der Waals surface area contributed by atoms with Crippen LogP contribution in [0.25, 0.3) is 0 Å². The quantitative estimate of drug-likeness (QED) is 0.349. The fourth-order valence-corrected chi connectivity index (χ4v) is 4.55. The number of nitrogens with one attached hydrogen (secondary N) is 2. The lowest BCUT2D eigenvalue weighted by atomic mass is 9.96. The largest absolute Gasteiger partial charge is 0.466 e. The lowest BCUT2D eigenvalue weighted by Crippen LogP contribution is -2.42. The van der Waals surface area contributed by atoms with Crippen molar-refractivity contribution in [1.82, 2.24) is 20.7 Å². The van der Waals surface area contributed by atoms with Crippen molar-refractivity contribution in [2.24, 2.45) is 0 Å². The first kappa shape index (κ1) is 26.1. The highest BCUT2D eigenvalue weighted by Gasteiger charge is 2.36. The van der Waals surface area contributed by atoms with Crippen LogP contribution in [0.5, 0.6) is 0 Å². The van der Waals surface area contributed by atoms with E-state index in [0.717, 1.165) is 6.07 Å². The molecular formula is C22H23F3N4O5S. The van der Waals surface area contributed by atoms with Crippen molar-refractivity contribution in [1.29, 1.82) is 0 Å². The molecule has 0 saturated carbocycles. The van der Waals surface area contributed by atoms with Gasteiger partial charge in [-0.25, -0.2) is 4.98 Å². The summed E-state index contributed by atoms with van der Waals surface area (Å²) in [5, 5.41) is 2.16. The zero-order valence-corrected chi connectivity index (χ0v) is 19.5. The molecule has 1 aliphatic rings. The average Bonchev–Trinajstić information content (AvgIpc) is 3.32. The van der Waals surface area contributed by atoms with Crippen molar-refractivity contribution in [2.75, 3.05) is 19.7 Å². The highest BCUT2D eigenvalue weighted by atomic mass is 32.1. The first-order valence-corrected chi connectivity index (χ1v) is 11.6. The van der Waals surface area contributed by atoms with E-state index in [0.29, 0.717) is 17.8 Å². The van der Waals surface area contributed by atoms with Crippen LogP contribution < -0.4 is 10.9 Å². The van der Waals surface area contributed by atoms with Gasteiger partial charge in [0, 0.05) is 24.4 Å². The third-order valence-electron chi connectivity index (χ3n) is 5.27. The molecule has 0 atom stereocenters. The minimum absolute atomic E-state index is 0.0677. The Morgan fingerprint density at radius 1 is 1.14 bits per heavy atom. The number of hydrogen-bond donors (Lipinski definition) is 2. The van der Waals surface area contributed by atoms with Crippen LogP contribution in [0.1, 0.15) is 63.5 Å². The van der Waals surface area contributed by atoms with Crippen molar-refractivity contribution in [3.05, 3.63) is 51.5 Å². The van der Waals surface area contributed by atoms with E-state index in [-0.39, 0.29) is 36.9 Å². The third kappa shape index (κ3) is 6.78. The standard InChI is InChI=1S/C22H23F3N4O5S/c1-2-34-18(31)11-17(30)27-28-19(32)16-12-35-20(26-16)13-7-9-29(10-8-13)21(33)14-5-3-4-6-15(14)22(23,24)25/h3-6,12-13H,2,7-11H2,1H3,(H,27,30)(H,28,32). The molecule has 0 bridgehead atoms. The van der Waals surface area contributed by atoms with E-state index in [2.05, 4.69) is 20.6 Å². The molecule has 2 aromatic rings. The molecule has 1 aromatic carbocycles. The van der Waals surface area contributed by atoms with Crippen LogP contribution in [-0.4, -0.2) is 53.3 Å². The Bertz CT molecular complexity index is 1100. The maximum Gasteiger partial charge on any atom is 0.417 e. The number of piperidine rings is 1. The maximum absolute atomic E-state index is 13.3. The Morgan fingerprint density at radius 3 is 2.49 bits per heavy atom. The van der Waals surface area contributed by atoms with Gasteiger partial charge in [-0.1, -0.05) is 12.1 Å². The van der Waals surface area contributed by atoms with Crippen LogP contribution in [0, 0.1) is 0 Å². The zero-order valence-electron chi connectivity index (χ0n) is 18.7. The van der Waals surface area contributed by atoms with Crippen molar-refractivity contribution < 1.29 is 37.1 Å². The number of likely N-dealkylation sites (tertiary alicyclic amines) is 1. The highest BCUT2D eigenvalue weighted by Crippen LogP contribution is 2.34. The van der Waals surface area contributed by atoms with Gasteiger partial charge in [-0.2, -0.15) is 13.2 Å². The minimum atomic E-state index is -4.62. The van der Waals surface area contributed by atoms with Crippen molar-refractivity contribution in [3.8, 4) is 0 Å². The number of thiazole rings is 1. The molecule has 1 aromatic heterocycles. The van der Waals surface area contributed by atoms with Gasteiger partial charge in [-0.3, -0.25) is 30.0 Å². The van der Waals surface area contributed by atoms with E-state index in [1.54, 1.807) is 6.92 Å². The van der Waals surface area contributed by atoms with Gasteiger partial charge in [0.05, 0.1) is 22.7 Å². The van der Waals surface area contributed by atoms with Gasteiger partial charge in [0.15, 0.2) is 0 Å². The molecule has 1 fully saturated rings. The highest BCUT2D eigenvalue weighted by molar-refractivity contribution is 7.09. The van der Waals surface area contributed by atoms with Crippen molar-refractivity contribution in [3.63, 3.8) is 0 Å². The van der Waals surface area contributed by atoms with Crippen molar-refractivity contribution in [2.45, 2.75) is 38.3 Å². The summed E-state index contributed by atoms with van der Waals surface area (Å²) in [5.41, 5.74) is 3.01. The molecule has 2 heterocycles. The molecule has 9 nitrogen and oxygen atoms in total. The summed E-state index contributed by atoms with van der Waals surface area (Å²) in [6.07, 6.45) is -4.21. The normalized spacial score (nSPS) is 14.3. The van der Waals surface area contributed by atoms with Crippen molar-refractivity contribution >= 4 is 35.0 Å².